The van der Waals surface area contributed by atoms with Gasteiger partial charge in [-0.05, 0) is 57.7 Å². The van der Waals surface area contributed by atoms with Crippen LogP contribution >= 0.6 is 0 Å². The number of furan rings is 1. The molecule has 9 nitrogen and oxygen atoms in total. The van der Waals surface area contributed by atoms with Crippen molar-refractivity contribution in [1.29, 1.82) is 0 Å². The number of allylic oxidation sites excluding steroid dienone is 1. The smallest absolute Gasteiger partial charge is 0.407 e. The van der Waals surface area contributed by atoms with Crippen molar-refractivity contribution in [3.63, 3.8) is 0 Å². The van der Waals surface area contributed by atoms with E-state index in [0.717, 1.165) is 41.8 Å². The molecule has 0 spiro atoms. The highest BCUT2D eigenvalue weighted by atomic mass is 16.6. The summed E-state index contributed by atoms with van der Waals surface area (Å²) >= 11 is 0. The normalized spacial score (nSPS) is 16.9. The summed E-state index contributed by atoms with van der Waals surface area (Å²) in [6, 6.07) is 3.81. The molecular weight excluding hydrogens is 384 g/mol. The van der Waals surface area contributed by atoms with Crippen molar-refractivity contribution in [1.82, 2.24) is 24.9 Å². The van der Waals surface area contributed by atoms with Gasteiger partial charge in [0.15, 0.2) is 5.65 Å². The van der Waals surface area contributed by atoms with Gasteiger partial charge >= 0.3 is 6.09 Å². The van der Waals surface area contributed by atoms with E-state index in [0.29, 0.717) is 12.5 Å². The molecule has 3 aromatic heterocycles. The highest BCUT2D eigenvalue weighted by Gasteiger charge is 2.23. The SMILES string of the molecule is CC(C)(C)OC(=O)NC1CC=C(c2cnc(NCc3ccco3)n3cnnc23)CC1. The maximum Gasteiger partial charge on any atom is 0.407 e. The fourth-order valence-electron chi connectivity index (χ4n) is 3.44. The molecule has 0 saturated heterocycles. The van der Waals surface area contributed by atoms with Crippen molar-refractivity contribution < 1.29 is 13.9 Å². The summed E-state index contributed by atoms with van der Waals surface area (Å²) in [7, 11) is 0. The molecule has 1 aliphatic carbocycles. The van der Waals surface area contributed by atoms with Crippen LogP contribution in [0.15, 0.2) is 41.4 Å². The van der Waals surface area contributed by atoms with Gasteiger partial charge in [-0.25, -0.2) is 9.78 Å². The summed E-state index contributed by atoms with van der Waals surface area (Å²) in [6.45, 7) is 6.09. The Kier molecular flexibility index (Phi) is 5.43. The van der Waals surface area contributed by atoms with Gasteiger partial charge in [0.25, 0.3) is 0 Å². The minimum absolute atomic E-state index is 0.0553. The van der Waals surface area contributed by atoms with Gasteiger partial charge in [-0.1, -0.05) is 6.08 Å². The zero-order valence-electron chi connectivity index (χ0n) is 17.4. The Labute approximate surface area is 174 Å². The highest BCUT2D eigenvalue weighted by molar-refractivity contribution is 5.77. The quantitative estimate of drug-likeness (QED) is 0.659. The number of nitrogens with one attached hydrogen (secondary N) is 2. The van der Waals surface area contributed by atoms with E-state index < -0.39 is 5.60 Å². The lowest BCUT2D eigenvalue weighted by Crippen LogP contribution is -2.39. The molecule has 9 heteroatoms. The van der Waals surface area contributed by atoms with Gasteiger partial charge in [0.1, 0.15) is 17.7 Å². The molecule has 2 N–H and O–H groups in total. The van der Waals surface area contributed by atoms with Gasteiger partial charge in [0.2, 0.25) is 5.95 Å². The van der Waals surface area contributed by atoms with Crippen molar-refractivity contribution in [3.8, 4) is 0 Å². The van der Waals surface area contributed by atoms with Gasteiger partial charge in [0, 0.05) is 17.8 Å². The maximum atomic E-state index is 12.0. The zero-order valence-corrected chi connectivity index (χ0v) is 17.4. The summed E-state index contributed by atoms with van der Waals surface area (Å²) in [5, 5.41) is 14.5. The number of rotatable bonds is 5. The number of aromatic nitrogens is 4. The Bertz CT molecular complexity index is 1050. The highest BCUT2D eigenvalue weighted by Crippen LogP contribution is 2.29. The number of amides is 1. The molecule has 158 valence electrons. The van der Waals surface area contributed by atoms with Gasteiger partial charge in [-0.3, -0.25) is 4.40 Å². The molecule has 0 saturated carbocycles. The fourth-order valence-corrected chi connectivity index (χ4v) is 3.44. The van der Waals surface area contributed by atoms with Crippen LogP contribution in [0, 0.1) is 0 Å². The molecule has 4 rings (SSSR count). The van der Waals surface area contributed by atoms with Crippen LogP contribution < -0.4 is 10.6 Å². The summed E-state index contributed by atoms with van der Waals surface area (Å²) in [5.74, 6) is 1.47. The molecule has 0 fully saturated rings. The number of ether oxygens (including phenoxy) is 1. The molecule has 1 atom stereocenters. The van der Waals surface area contributed by atoms with Gasteiger partial charge < -0.3 is 19.8 Å². The predicted molar refractivity (Wildman–Crippen MR) is 112 cm³/mol. The van der Waals surface area contributed by atoms with Crippen LogP contribution in [0.5, 0.6) is 0 Å². The molecular formula is C21H26N6O3. The minimum Gasteiger partial charge on any atom is -0.467 e. The maximum absolute atomic E-state index is 12.0. The molecule has 30 heavy (non-hydrogen) atoms. The Balaban J connectivity index is 1.45. The molecule has 3 aromatic rings. The van der Waals surface area contributed by atoms with Crippen molar-refractivity contribution >= 4 is 23.3 Å². The molecule has 0 aliphatic heterocycles. The fraction of sp³-hybridized carbons (Fsp3) is 0.429. The van der Waals surface area contributed by atoms with Crippen LogP contribution in [0.2, 0.25) is 0 Å². The average Bonchev–Trinajstić information content (AvgIpc) is 3.37. The first kappa shape index (κ1) is 19.9. The molecule has 0 bridgehead atoms. The van der Waals surface area contributed by atoms with Crippen LogP contribution in [0.1, 0.15) is 51.4 Å². The molecule has 1 aliphatic rings. The van der Waals surface area contributed by atoms with E-state index in [1.165, 1.54) is 0 Å². The monoisotopic (exact) mass is 410 g/mol. The number of alkyl carbamates (subject to hydrolysis) is 1. The zero-order chi connectivity index (χ0) is 21.1. The van der Waals surface area contributed by atoms with E-state index in [9.17, 15) is 4.79 Å². The van der Waals surface area contributed by atoms with Crippen molar-refractivity contribution in [3.05, 3.63) is 48.3 Å². The van der Waals surface area contributed by atoms with E-state index in [1.54, 1.807) is 12.6 Å². The number of carbonyl (C=O) groups is 1. The Morgan fingerprint density at radius 2 is 2.27 bits per heavy atom. The average molecular weight is 410 g/mol. The topological polar surface area (TPSA) is 107 Å². The molecule has 0 aromatic carbocycles. The molecule has 1 unspecified atom stereocenters. The summed E-state index contributed by atoms with van der Waals surface area (Å²) in [4.78, 5) is 16.6. The predicted octanol–water partition coefficient (Wildman–Crippen LogP) is 3.79. The second-order valence-corrected chi connectivity index (χ2v) is 8.30. The number of anilines is 1. The lowest BCUT2D eigenvalue weighted by Gasteiger charge is -2.26. The van der Waals surface area contributed by atoms with Crippen LogP contribution in [0.4, 0.5) is 10.7 Å². The van der Waals surface area contributed by atoms with Gasteiger partial charge in [-0.2, -0.15) is 0 Å². The first-order valence-electron chi connectivity index (χ1n) is 10.0. The summed E-state index contributed by atoms with van der Waals surface area (Å²) in [6.07, 6.45) is 9.23. The van der Waals surface area contributed by atoms with Crippen molar-refractivity contribution in [2.75, 3.05) is 5.32 Å². The Morgan fingerprint density at radius 1 is 1.40 bits per heavy atom. The molecule has 0 radical (unpaired) electrons. The van der Waals surface area contributed by atoms with Gasteiger partial charge in [-0.15, -0.1) is 10.2 Å². The molecule has 1 amide bonds. The molecule has 3 heterocycles. The van der Waals surface area contributed by atoms with E-state index >= 15 is 0 Å². The second-order valence-electron chi connectivity index (χ2n) is 8.30. The third kappa shape index (κ3) is 4.61. The van der Waals surface area contributed by atoms with Crippen molar-refractivity contribution in [2.45, 2.75) is 58.2 Å². The summed E-state index contributed by atoms with van der Waals surface area (Å²) in [5.41, 5.74) is 2.35. The lowest BCUT2D eigenvalue weighted by molar-refractivity contribution is 0.0502. The first-order valence-corrected chi connectivity index (χ1v) is 10.0. The number of hydrogen-bond donors (Lipinski definition) is 2. The summed E-state index contributed by atoms with van der Waals surface area (Å²) < 4.78 is 12.5. The van der Waals surface area contributed by atoms with E-state index in [4.69, 9.17) is 9.15 Å². The number of nitrogens with zero attached hydrogens (tertiary/aromatic N) is 4. The lowest BCUT2D eigenvalue weighted by atomic mass is 9.91. The number of hydrogen-bond acceptors (Lipinski definition) is 7. The van der Waals surface area contributed by atoms with E-state index in [2.05, 4.69) is 31.9 Å². The number of fused-ring (bicyclic) bond motifs is 1. The minimum atomic E-state index is -0.503. The standard InChI is InChI=1S/C21H26N6O3/c1-21(2,3)30-20(28)25-15-8-6-14(7-9-15)17-12-23-19(27-13-24-26-18(17)27)22-11-16-5-4-10-29-16/h4-6,10,12-13,15H,7-9,11H2,1-3H3,(H,22,23)(H,25,28). The van der Waals surface area contributed by atoms with E-state index in [-0.39, 0.29) is 12.1 Å². The van der Waals surface area contributed by atoms with Crippen molar-refractivity contribution in [2.24, 2.45) is 0 Å². The largest absolute Gasteiger partial charge is 0.467 e. The third-order valence-electron chi connectivity index (χ3n) is 4.81. The van der Waals surface area contributed by atoms with E-state index in [1.807, 2.05) is 43.5 Å². The third-order valence-corrected chi connectivity index (χ3v) is 4.81. The van der Waals surface area contributed by atoms with Crippen LogP contribution in [0.25, 0.3) is 11.2 Å². The van der Waals surface area contributed by atoms with Crippen LogP contribution in [0.3, 0.4) is 0 Å². The van der Waals surface area contributed by atoms with Gasteiger partial charge in [0.05, 0.1) is 12.8 Å². The number of carbonyl (C=O) groups excluding carboxylic acids is 1. The first-order chi connectivity index (χ1) is 14.4. The van der Waals surface area contributed by atoms with Crippen LogP contribution in [-0.4, -0.2) is 37.3 Å². The Hall–Kier alpha value is -3.36. The Morgan fingerprint density at radius 3 is 2.97 bits per heavy atom. The second kappa shape index (κ2) is 8.17. The van der Waals surface area contributed by atoms with Crippen LogP contribution in [-0.2, 0) is 11.3 Å².